The van der Waals surface area contributed by atoms with Crippen LogP contribution < -0.4 is 5.32 Å². The van der Waals surface area contributed by atoms with Gasteiger partial charge < -0.3 is 5.32 Å². The highest BCUT2D eigenvalue weighted by atomic mass is 127. The van der Waals surface area contributed by atoms with Gasteiger partial charge in [0.2, 0.25) is 0 Å². The monoisotopic (exact) mass is 290 g/mol. The zero-order chi connectivity index (χ0) is 9.68. The van der Waals surface area contributed by atoms with E-state index < -0.39 is 0 Å². The number of pyridine rings is 1. The Morgan fingerprint density at radius 3 is 3.00 bits per heavy atom. The fourth-order valence-electron chi connectivity index (χ4n) is 0.942. The van der Waals surface area contributed by atoms with E-state index in [1.165, 1.54) is 0 Å². The SMILES string of the molecule is Cc1cncc(C(=O)NCCI)c1. The summed E-state index contributed by atoms with van der Waals surface area (Å²) in [6.45, 7) is 2.62. The maximum absolute atomic E-state index is 11.4. The average molecular weight is 290 g/mol. The number of aryl methyl sites for hydroxylation is 1. The van der Waals surface area contributed by atoms with Gasteiger partial charge in [-0.2, -0.15) is 0 Å². The fraction of sp³-hybridized carbons (Fsp3) is 0.333. The Bertz CT molecular complexity index is 301. The van der Waals surface area contributed by atoms with Gasteiger partial charge in [0, 0.05) is 23.4 Å². The summed E-state index contributed by atoms with van der Waals surface area (Å²) in [5, 5.41) is 2.79. The van der Waals surface area contributed by atoms with Crippen LogP contribution >= 0.6 is 22.6 Å². The van der Waals surface area contributed by atoms with Crippen LogP contribution in [-0.2, 0) is 0 Å². The van der Waals surface area contributed by atoms with Gasteiger partial charge in [-0.05, 0) is 18.6 Å². The van der Waals surface area contributed by atoms with Gasteiger partial charge in [0.15, 0.2) is 0 Å². The first-order chi connectivity index (χ1) is 6.24. The van der Waals surface area contributed by atoms with Gasteiger partial charge in [-0.1, -0.05) is 22.6 Å². The van der Waals surface area contributed by atoms with Crippen molar-refractivity contribution >= 4 is 28.5 Å². The summed E-state index contributed by atoms with van der Waals surface area (Å²) in [5.74, 6) is -0.0483. The lowest BCUT2D eigenvalue weighted by Crippen LogP contribution is -2.25. The molecule has 0 atom stereocenters. The smallest absolute Gasteiger partial charge is 0.252 e. The van der Waals surface area contributed by atoms with Crippen LogP contribution in [0.2, 0.25) is 0 Å². The van der Waals surface area contributed by atoms with Crippen LogP contribution in [0.5, 0.6) is 0 Å². The number of amides is 1. The summed E-state index contributed by atoms with van der Waals surface area (Å²) < 4.78 is 0.919. The molecule has 0 aliphatic rings. The number of nitrogens with zero attached hydrogens (tertiary/aromatic N) is 1. The summed E-state index contributed by atoms with van der Waals surface area (Å²) in [6, 6.07) is 1.83. The number of alkyl halides is 1. The lowest BCUT2D eigenvalue weighted by atomic mass is 10.2. The van der Waals surface area contributed by atoms with E-state index >= 15 is 0 Å². The molecule has 70 valence electrons. The molecule has 0 saturated carbocycles. The summed E-state index contributed by atoms with van der Waals surface area (Å²) in [4.78, 5) is 15.4. The topological polar surface area (TPSA) is 42.0 Å². The maximum atomic E-state index is 11.4. The molecule has 0 spiro atoms. The molecule has 0 radical (unpaired) electrons. The standard InChI is InChI=1S/C9H11IN2O/c1-7-4-8(6-11-5-7)9(13)12-3-2-10/h4-6H,2-3H2,1H3,(H,12,13). The number of halogens is 1. The van der Waals surface area contributed by atoms with Crippen LogP contribution in [0.3, 0.4) is 0 Å². The van der Waals surface area contributed by atoms with Crippen molar-refractivity contribution in [2.75, 3.05) is 11.0 Å². The molecule has 4 heteroatoms. The van der Waals surface area contributed by atoms with Crippen molar-refractivity contribution in [3.05, 3.63) is 29.6 Å². The van der Waals surface area contributed by atoms with Crippen LogP contribution in [0.25, 0.3) is 0 Å². The molecule has 0 aromatic carbocycles. The molecule has 0 aliphatic carbocycles. The predicted octanol–water partition coefficient (Wildman–Crippen LogP) is 1.55. The Morgan fingerprint density at radius 1 is 1.62 bits per heavy atom. The minimum atomic E-state index is -0.0483. The van der Waals surface area contributed by atoms with Crippen LogP contribution in [-0.4, -0.2) is 21.9 Å². The normalized spacial score (nSPS) is 9.69. The zero-order valence-corrected chi connectivity index (χ0v) is 9.54. The summed E-state index contributed by atoms with van der Waals surface area (Å²) in [7, 11) is 0. The van der Waals surface area contributed by atoms with E-state index in [0.717, 1.165) is 9.99 Å². The first kappa shape index (κ1) is 10.4. The van der Waals surface area contributed by atoms with Gasteiger partial charge in [-0.25, -0.2) is 0 Å². The summed E-state index contributed by atoms with van der Waals surface area (Å²) in [6.07, 6.45) is 3.31. The molecule has 0 fully saturated rings. The second kappa shape index (κ2) is 5.16. The van der Waals surface area contributed by atoms with Crippen molar-refractivity contribution in [3.8, 4) is 0 Å². The minimum absolute atomic E-state index is 0.0483. The van der Waals surface area contributed by atoms with Gasteiger partial charge >= 0.3 is 0 Å². The molecule has 1 N–H and O–H groups in total. The Balaban J connectivity index is 2.66. The predicted molar refractivity (Wildman–Crippen MR) is 60.2 cm³/mol. The van der Waals surface area contributed by atoms with Crippen LogP contribution in [0.15, 0.2) is 18.5 Å². The highest BCUT2D eigenvalue weighted by Gasteiger charge is 2.03. The van der Waals surface area contributed by atoms with E-state index in [1.54, 1.807) is 12.4 Å². The molecule has 1 amide bonds. The first-order valence-electron chi connectivity index (χ1n) is 4.00. The molecular formula is C9H11IN2O. The van der Waals surface area contributed by atoms with Gasteiger partial charge in [0.05, 0.1) is 5.56 Å². The Labute approximate surface area is 91.1 Å². The lowest BCUT2D eigenvalue weighted by Gasteiger charge is -2.02. The number of hydrogen-bond donors (Lipinski definition) is 1. The minimum Gasteiger partial charge on any atom is -0.351 e. The number of hydrogen-bond acceptors (Lipinski definition) is 2. The fourth-order valence-corrected chi connectivity index (χ4v) is 1.21. The third-order valence-corrected chi connectivity index (χ3v) is 2.06. The molecular weight excluding hydrogens is 279 g/mol. The van der Waals surface area contributed by atoms with Crippen LogP contribution in [0.1, 0.15) is 15.9 Å². The molecule has 1 aromatic rings. The Morgan fingerprint density at radius 2 is 2.38 bits per heavy atom. The van der Waals surface area contributed by atoms with Crippen LogP contribution in [0, 0.1) is 6.92 Å². The van der Waals surface area contributed by atoms with Gasteiger partial charge in [0.25, 0.3) is 5.91 Å². The van der Waals surface area contributed by atoms with Gasteiger partial charge in [-0.15, -0.1) is 0 Å². The number of rotatable bonds is 3. The molecule has 1 aromatic heterocycles. The zero-order valence-electron chi connectivity index (χ0n) is 7.38. The van der Waals surface area contributed by atoms with E-state index in [0.29, 0.717) is 12.1 Å². The van der Waals surface area contributed by atoms with Crippen molar-refractivity contribution in [1.29, 1.82) is 0 Å². The van der Waals surface area contributed by atoms with E-state index in [1.807, 2.05) is 13.0 Å². The van der Waals surface area contributed by atoms with Gasteiger partial charge in [0.1, 0.15) is 0 Å². The second-order valence-corrected chi connectivity index (χ2v) is 3.77. The number of carbonyl (C=O) groups is 1. The van der Waals surface area contributed by atoms with Crippen LogP contribution in [0.4, 0.5) is 0 Å². The lowest BCUT2D eigenvalue weighted by molar-refractivity contribution is 0.0956. The van der Waals surface area contributed by atoms with E-state index in [4.69, 9.17) is 0 Å². The van der Waals surface area contributed by atoms with Gasteiger partial charge in [-0.3, -0.25) is 9.78 Å². The Hall–Kier alpha value is -0.650. The quantitative estimate of drug-likeness (QED) is 0.678. The number of carbonyl (C=O) groups excluding carboxylic acids is 1. The molecule has 0 bridgehead atoms. The van der Waals surface area contributed by atoms with E-state index in [9.17, 15) is 4.79 Å². The number of nitrogens with one attached hydrogen (secondary N) is 1. The molecule has 3 nitrogen and oxygen atoms in total. The molecule has 0 saturated heterocycles. The highest BCUT2D eigenvalue weighted by Crippen LogP contribution is 2.00. The maximum Gasteiger partial charge on any atom is 0.252 e. The third kappa shape index (κ3) is 3.30. The second-order valence-electron chi connectivity index (χ2n) is 2.70. The Kier molecular flexibility index (Phi) is 4.14. The van der Waals surface area contributed by atoms with Crippen molar-refractivity contribution in [2.45, 2.75) is 6.92 Å². The van der Waals surface area contributed by atoms with E-state index in [-0.39, 0.29) is 5.91 Å². The van der Waals surface area contributed by atoms with Crippen molar-refractivity contribution in [2.24, 2.45) is 0 Å². The summed E-state index contributed by atoms with van der Waals surface area (Å²) in [5.41, 5.74) is 1.63. The molecule has 0 unspecified atom stereocenters. The molecule has 0 aliphatic heterocycles. The molecule has 1 heterocycles. The largest absolute Gasteiger partial charge is 0.351 e. The van der Waals surface area contributed by atoms with E-state index in [2.05, 4.69) is 32.9 Å². The average Bonchev–Trinajstić information content (AvgIpc) is 2.14. The van der Waals surface area contributed by atoms with Crippen molar-refractivity contribution < 1.29 is 4.79 Å². The molecule has 13 heavy (non-hydrogen) atoms. The summed E-state index contributed by atoms with van der Waals surface area (Å²) >= 11 is 2.22. The third-order valence-electron chi connectivity index (χ3n) is 1.52. The first-order valence-corrected chi connectivity index (χ1v) is 5.52. The highest BCUT2D eigenvalue weighted by molar-refractivity contribution is 14.1. The number of aromatic nitrogens is 1. The van der Waals surface area contributed by atoms with Crippen molar-refractivity contribution in [3.63, 3.8) is 0 Å². The molecule has 1 rings (SSSR count). The van der Waals surface area contributed by atoms with Crippen molar-refractivity contribution in [1.82, 2.24) is 10.3 Å².